The lowest BCUT2D eigenvalue weighted by Gasteiger charge is -2.37. The Labute approximate surface area is 148 Å². The van der Waals surface area contributed by atoms with Crippen molar-refractivity contribution in [2.24, 2.45) is 0 Å². The number of likely N-dealkylation sites (tertiary alicyclic amines) is 1. The minimum atomic E-state index is -0.484. The van der Waals surface area contributed by atoms with Gasteiger partial charge in [-0.05, 0) is 24.5 Å². The average molecular weight is 334 g/mol. The molecule has 4 heteroatoms. The summed E-state index contributed by atoms with van der Waals surface area (Å²) in [6.45, 7) is 1.22. The number of para-hydroxylation sites is 1. The molecule has 1 heterocycles. The maximum absolute atomic E-state index is 12.7. The second-order valence-corrected chi connectivity index (χ2v) is 6.43. The van der Waals surface area contributed by atoms with Crippen LogP contribution in [-0.4, -0.2) is 31.0 Å². The summed E-state index contributed by atoms with van der Waals surface area (Å²) in [6.07, 6.45) is 1.67. The van der Waals surface area contributed by atoms with Gasteiger partial charge in [0.15, 0.2) is 0 Å². The van der Waals surface area contributed by atoms with Crippen molar-refractivity contribution >= 4 is 5.91 Å². The maximum atomic E-state index is 12.7. The van der Waals surface area contributed by atoms with E-state index in [4.69, 9.17) is 4.74 Å². The van der Waals surface area contributed by atoms with Crippen molar-refractivity contribution in [1.29, 1.82) is 5.26 Å². The van der Waals surface area contributed by atoms with E-state index in [-0.39, 0.29) is 5.91 Å². The Bertz CT molecular complexity index is 772. The molecular formula is C21H22N2O2. The number of ether oxygens (including phenoxy) is 1. The molecule has 0 bridgehead atoms. The minimum absolute atomic E-state index is 0.0871. The van der Waals surface area contributed by atoms with Crippen LogP contribution in [0, 0.1) is 11.3 Å². The molecule has 1 aliphatic rings. The van der Waals surface area contributed by atoms with E-state index in [1.165, 1.54) is 0 Å². The molecule has 25 heavy (non-hydrogen) atoms. The molecule has 1 fully saturated rings. The largest absolute Gasteiger partial charge is 0.496 e. The predicted molar refractivity (Wildman–Crippen MR) is 96.2 cm³/mol. The molecule has 0 aliphatic carbocycles. The Morgan fingerprint density at radius 1 is 1.12 bits per heavy atom. The van der Waals surface area contributed by atoms with E-state index >= 15 is 0 Å². The zero-order chi connectivity index (χ0) is 17.7. The highest BCUT2D eigenvalue weighted by atomic mass is 16.5. The molecule has 3 rings (SSSR count). The monoisotopic (exact) mass is 334 g/mol. The van der Waals surface area contributed by atoms with Crippen LogP contribution in [0.25, 0.3) is 0 Å². The first-order valence-corrected chi connectivity index (χ1v) is 8.55. The van der Waals surface area contributed by atoms with Gasteiger partial charge in [0.05, 0.1) is 25.0 Å². The first-order valence-electron chi connectivity index (χ1n) is 8.55. The molecule has 1 aliphatic heterocycles. The van der Waals surface area contributed by atoms with Gasteiger partial charge in [0.2, 0.25) is 5.91 Å². The quantitative estimate of drug-likeness (QED) is 0.862. The van der Waals surface area contributed by atoms with Gasteiger partial charge in [0.25, 0.3) is 0 Å². The van der Waals surface area contributed by atoms with E-state index in [1.807, 2.05) is 59.5 Å². The summed E-state index contributed by atoms with van der Waals surface area (Å²) in [5.41, 5.74) is 1.46. The van der Waals surface area contributed by atoms with Gasteiger partial charge >= 0.3 is 0 Å². The van der Waals surface area contributed by atoms with Crippen molar-refractivity contribution in [1.82, 2.24) is 4.90 Å². The zero-order valence-electron chi connectivity index (χ0n) is 14.4. The van der Waals surface area contributed by atoms with Crippen molar-refractivity contribution in [3.05, 3.63) is 65.7 Å². The van der Waals surface area contributed by atoms with Crippen LogP contribution in [0.4, 0.5) is 0 Å². The fourth-order valence-corrected chi connectivity index (χ4v) is 3.48. The minimum Gasteiger partial charge on any atom is -0.496 e. The number of methoxy groups -OCH3 is 1. The fraction of sp³-hybridized carbons (Fsp3) is 0.333. The third kappa shape index (κ3) is 3.51. The van der Waals surface area contributed by atoms with E-state index in [0.29, 0.717) is 32.4 Å². The number of nitrogens with zero attached hydrogens (tertiary/aromatic N) is 2. The standard InChI is InChI=1S/C21H22N2O2/c1-25-19-10-6-5-7-17(19)15-20(24)23-13-11-21(16-22,12-14-23)18-8-3-2-4-9-18/h2-10H,11-15H2,1H3. The molecule has 0 aromatic heterocycles. The summed E-state index contributed by atoms with van der Waals surface area (Å²) in [6, 6.07) is 20.0. The molecule has 0 unspecified atom stereocenters. The topological polar surface area (TPSA) is 53.3 Å². The molecule has 0 atom stereocenters. The SMILES string of the molecule is COc1ccccc1CC(=O)N1CCC(C#N)(c2ccccc2)CC1. The smallest absolute Gasteiger partial charge is 0.227 e. The van der Waals surface area contributed by atoms with Crippen LogP contribution in [0.1, 0.15) is 24.0 Å². The van der Waals surface area contributed by atoms with Crippen LogP contribution in [-0.2, 0) is 16.6 Å². The van der Waals surface area contributed by atoms with Gasteiger partial charge in [0.1, 0.15) is 5.75 Å². The molecule has 2 aromatic carbocycles. The number of carbonyl (C=O) groups excluding carboxylic acids is 1. The number of hydrogen-bond acceptors (Lipinski definition) is 3. The van der Waals surface area contributed by atoms with Crippen molar-refractivity contribution in [2.45, 2.75) is 24.7 Å². The molecule has 0 N–H and O–H groups in total. The Hall–Kier alpha value is -2.80. The number of piperidine rings is 1. The second-order valence-electron chi connectivity index (χ2n) is 6.43. The van der Waals surface area contributed by atoms with Crippen molar-refractivity contribution in [3.63, 3.8) is 0 Å². The van der Waals surface area contributed by atoms with Gasteiger partial charge in [-0.2, -0.15) is 5.26 Å². The van der Waals surface area contributed by atoms with Crippen LogP contribution in [0.3, 0.4) is 0 Å². The van der Waals surface area contributed by atoms with Gasteiger partial charge in [-0.15, -0.1) is 0 Å². The number of hydrogen-bond donors (Lipinski definition) is 0. The highest BCUT2D eigenvalue weighted by molar-refractivity contribution is 5.79. The Balaban J connectivity index is 1.68. The number of carbonyl (C=O) groups is 1. The number of benzene rings is 2. The first-order chi connectivity index (χ1) is 12.2. The fourth-order valence-electron chi connectivity index (χ4n) is 3.48. The van der Waals surface area contributed by atoms with E-state index in [9.17, 15) is 10.1 Å². The molecular weight excluding hydrogens is 312 g/mol. The summed E-state index contributed by atoms with van der Waals surface area (Å²) >= 11 is 0. The third-order valence-corrected chi connectivity index (χ3v) is 5.04. The summed E-state index contributed by atoms with van der Waals surface area (Å²) in [5, 5.41) is 9.75. The molecule has 0 spiro atoms. The highest BCUT2D eigenvalue weighted by Crippen LogP contribution is 2.35. The highest BCUT2D eigenvalue weighted by Gasteiger charge is 2.37. The van der Waals surface area contributed by atoms with Crippen LogP contribution >= 0.6 is 0 Å². The molecule has 128 valence electrons. The Kier molecular flexibility index (Phi) is 5.04. The number of rotatable bonds is 4. The van der Waals surface area contributed by atoms with E-state index < -0.39 is 5.41 Å². The second kappa shape index (κ2) is 7.40. The van der Waals surface area contributed by atoms with Gasteiger partial charge in [-0.3, -0.25) is 4.79 Å². The number of nitriles is 1. The van der Waals surface area contributed by atoms with E-state index in [1.54, 1.807) is 7.11 Å². The molecule has 1 saturated heterocycles. The van der Waals surface area contributed by atoms with E-state index in [0.717, 1.165) is 16.9 Å². The Morgan fingerprint density at radius 3 is 2.40 bits per heavy atom. The molecule has 2 aromatic rings. The van der Waals surface area contributed by atoms with Gasteiger partial charge in [-0.25, -0.2) is 0 Å². The molecule has 0 radical (unpaired) electrons. The molecule has 4 nitrogen and oxygen atoms in total. The molecule has 0 saturated carbocycles. The van der Waals surface area contributed by atoms with Crippen molar-refractivity contribution in [3.8, 4) is 11.8 Å². The summed E-state index contributed by atoms with van der Waals surface area (Å²) in [4.78, 5) is 14.5. The third-order valence-electron chi connectivity index (χ3n) is 5.04. The van der Waals surface area contributed by atoms with Gasteiger partial charge in [-0.1, -0.05) is 48.5 Å². The lowest BCUT2D eigenvalue weighted by atomic mass is 9.74. The summed E-state index contributed by atoms with van der Waals surface area (Å²) < 4.78 is 5.33. The normalized spacial score (nSPS) is 16.1. The lowest BCUT2D eigenvalue weighted by Crippen LogP contribution is -2.45. The van der Waals surface area contributed by atoms with Crippen LogP contribution in [0.15, 0.2) is 54.6 Å². The van der Waals surface area contributed by atoms with Crippen molar-refractivity contribution in [2.75, 3.05) is 20.2 Å². The van der Waals surface area contributed by atoms with Crippen LogP contribution in [0.2, 0.25) is 0 Å². The van der Waals surface area contributed by atoms with Crippen LogP contribution in [0.5, 0.6) is 5.75 Å². The maximum Gasteiger partial charge on any atom is 0.227 e. The average Bonchev–Trinajstić information content (AvgIpc) is 2.69. The van der Waals surface area contributed by atoms with Crippen molar-refractivity contribution < 1.29 is 9.53 Å². The van der Waals surface area contributed by atoms with Crippen LogP contribution < -0.4 is 4.74 Å². The van der Waals surface area contributed by atoms with Gasteiger partial charge < -0.3 is 9.64 Å². The van der Waals surface area contributed by atoms with E-state index in [2.05, 4.69) is 6.07 Å². The molecule has 1 amide bonds. The summed E-state index contributed by atoms with van der Waals surface area (Å²) in [5.74, 6) is 0.826. The predicted octanol–water partition coefficient (Wildman–Crippen LogP) is 3.32. The Morgan fingerprint density at radius 2 is 1.76 bits per heavy atom. The summed E-state index contributed by atoms with van der Waals surface area (Å²) in [7, 11) is 1.62. The zero-order valence-corrected chi connectivity index (χ0v) is 14.4. The first kappa shape index (κ1) is 17.0. The lowest BCUT2D eigenvalue weighted by molar-refractivity contribution is -0.131. The van der Waals surface area contributed by atoms with Gasteiger partial charge in [0, 0.05) is 18.7 Å². The number of amides is 1.